The quantitative estimate of drug-likeness (QED) is 0.307. The van der Waals surface area contributed by atoms with Crippen LogP contribution in [0.1, 0.15) is 48.4 Å². The van der Waals surface area contributed by atoms with Gasteiger partial charge in [0, 0.05) is 17.7 Å². The first-order chi connectivity index (χ1) is 16.7. The van der Waals surface area contributed by atoms with Crippen molar-refractivity contribution in [2.45, 2.75) is 58.5 Å². The van der Waals surface area contributed by atoms with Gasteiger partial charge in [0.1, 0.15) is 17.5 Å². The standard InChI is InChI=1S/C29H29F5O/c1-17-3-11-23(29(34)28(17)33)22-14-26(31)24(27(32)15-22)12-10-21-9-8-19(13-25(21)30)6-7-20-5-4-18(2)35-16-20/h3,8-9,11,13-15,18,20H,4-7,10,12,16H2,1-2H3. The fourth-order valence-electron chi connectivity index (χ4n) is 4.61. The Morgan fingerprint density at radius 3 is 2.20 bits per heavy atom. The maximum absolute atomic E-state index is 14.7. The normalized spacial score (nSPS) is 18.1. The van der Waals surface area contributed by atoms with E-state index in [1.165, 1.54) is 25.1 Å². The van der Waals surface area contributed by atoms with Gasteiger partial charge in [0.25, 0.3) is 0 Å². The summed E-state index contributed by atoms with van der Waals surface area (Å²) in [6, 6.07) is 9.63. The Bertz CT molecular complexity index is 1170. The van der Waals surface area contributed by atoms with Gasteiger partial charge in [-0.05, 0) is 98.7 Å². The van der Waals surface area contributed by atoms with Crippen LogP contribution in [-0.2, 0) is 24.0 Å². The van der Waals surface area contributed by atoms with Crippen LogP contribution in [0.15, 0.2) is 42.5 Å². The van der Waals surface area contributed by atoms with Gasteiger partial charge in [0.05, 0.1) is 6.10 Å². The summed E-state index contributed by atoms with van der Waals surface area (Å²) in [5.74, 6) is -3.86. The molecule has 0 bridgehead atoms. The monoisotopic (exact) mass is 488 g/mol. The lowest BCUT2D eigenvalue weighted by Gasteiger charge is -2.26. The second kappa shape index (κ2) is 10.9. The molecule has 1 nitrogen and oxygen atoms in total. The summed E-state index contributed by atoms with van der Waals surface area (Å²) in [5.41, 5.74) is 0.852. The molecule has 3 aromatic carbocycles. The van der Waals surface area contributed by atoms with Crippen LogP contribution < -0.4 is 0 Å². The molecular weight excluding hydrogens is 459 g/mol. The van der Waals surface area contributed by atoms with Gasteiger partial charge in [-0.1, -0.05) is 24.3 Å². The maximum atomic E-state index is 14.7. The van der Waals surface area contributed by atoms with Gasteiger partial charge in [0.15, 0.2) is 11.6 Å². The van der Waals surface area contributed by atoms with E-state index in [2.05, 4.69) is 6.92 Å². The second-order valence-corrected chi connectivity index (χ2v) is 9.53. The zero-order valence-electron chi connectivity index (χ0n) is 19.9. The van der Waals surface area contributed by atoms with E-state index in [1.54, 1.807) is 6.07 Å². The molecule has 35 heavy (non-hydrogen) atoms. The SMILES string of the molecule is Cc1ccc(-c2cc(F)c(CCc3ccc(CCC4CCC(C)OC4)cc3F)c(F)c2)c(F)c1F. The van der Waals surface area contributed by atoms with Gasteiger partial charge in [-0.15, -0.1) is 0 Å². The first-order valence-corrected chi connectivity index (χ1v) is 12.0. The number of hydrogen-bond donors (Lipinski definition) is 0. The molecule has 0 aromatic heterocycles. The summed E-state index contributed by atoms with van der Waals surface area (Å²) < 4.78 is 78.0. The summed E-state index contributed by atoms with van der Waals surface area (Å²) in [7, 11) is 0. The van der Waals surface area contributed by atoms with Crippen molar-refractivity contribution in [1.82, 2.24) is 0 Å². The average Bonchev–Trinajstić information content (AvgIpc) is 2.82. The van der Waals surface area contributed by atoms with Crippen molar-refractivity contribution in [2.75, 3.05) is 6.61 Å². The highest BCUT2D eigenvalue weighted by molar-refractivity contribution is 5.65. The fraction of sp³-hybridized carbons (Fsp3) is 0.379. The Balaban J connectivity index is 1.41. The van der Waals surface area contributed by atoms with E-state index in [1.807, 2.05) is 6.07 Å². The molecule has 0 saturated carbocycles. The summed E-state index contributed by atoms with van der Waals surface area (Å²) in [4.78, 5) is 0. The topological polar surface area (TPSA) is 9.23 Å². The molecule has 1 saturated heterocycles. The number of rotatable bonds is 7. The van der Waals surface area contributed by atoms with Gasteiger partial charge >= 0.3 is 0 Å². The lowest BCUT2D eigenvalue weighted by molar-refractivity contribution is -0.00694. The largest absolute Gasteiger partial charge is 0.378 e. The van der Waals surface area contributed by atoms with Crippen LogP contribution >= 0.6 is 0 Å². The third-order valence-corrected chi connectivity index (χ3v) is 6.93. The molecule has 6 heteroatoms. The van der Waals surface area contributed by atoms with E-state index in [9.17, 15) is 22.0 Å². The van der Waals surface area contributed by atoms with E-state index in [0.29, 0.717) is 17.6 Å². The molecule has 1 fully saturated rings. The van der Waals surface area contributed by atoms with Crippen LogP contribution in [0.5, 0.6) is 0 Å². The third kappa shape index (κ3) is 5.92. The van der Waals surface area contributed by atoms with Crippen molar-refractivity contribution < 1.29 is 26.7 Å². The van der Waals surface area contributed by atoms with E-state index >= 15 is 0 Å². The first kappa shape index (κ1) is 25.4. The molecule has 0 spiro atoms. The van der Waals surface area contributed by atoms with Gasteiger partial charge in [-0.25, -0.2) is 22.0 Å². The summed E-state index contributed by atoms with van der Waals surface area (Å²) in [5, 5.41) is 0. The molecule has 4 rings (SSSR count). The van der Waals surface area contributed by atoms with Gasteiger partial charge in [0.2, 0.25) is 0 Å². The maximum Gasteiger partial charge on any atom is 0.166 e. The Morgan fingerprint density at radius 1 is 0.800 bits per heavy atom. The highest BCUT2D eigenvalue weighted by Crippen LogP contribution is 2.30. The number of ether oxygens (including phenoxy) is 1. The number of halogens is 5. The van der Waals surface area contributed by atoms with Gasteiger partial charge in [-0.3, -0.25) is 0 Å². The van der Waals surface area contributed by atoms with Crippen LogP contribution in [0, 0.1) is 41.9 Å². The van der Waals surface area contributed by atoms with Gasteiger partial charge in [-0.2, -0.15) is 0 Å². The van der Waals surface area contributed by atoms with Crippen molar-refractivity contribution in [2.24, 2.45) is 5.92 Å². The fourth-order valence-corrected chi connectivity index (χ4v) is 4.61. The number of aryl methyl sites for hydroxylation is 3. The number of hydrogen-bond acceptors (Lipinski definition) is 1. The summed E-state index contributed by atoms with van der Waals surface area (Å²) in [6.07, 6.45) is 4.20. The molecule has 186 valence electrons. The Labute approximate surface area is 202 Å². The van der Waals surface area contributed by atoms with Crippen molar-refractivity contribution in [3.05, 3.63) is 93.8 Å². The molecule has 0 radical (unpaired) electrons. The first-order valence-electron chi connectivity index (χ1n) is 12.0. The molecular formula is C29H29F5O. The highest BCUT2D eigenvalue weighted by atomic mass is 19.2. The molecule has 0 amide bonds. The van der Waals surface area contributed by atoms with Crippen molar-refractivity contribution in [3.63, 3.8) is 0 Å². The molecule has 2 unspecified atom stereocenters. The van der Waals surface area contributed by atoms with Crippen molar-refractivity contribution >= 4 is 0 Å². The minimum absolute atomic E-state index is 0.0590. The van der Waals surface area contributed by atoms with Crippen molar-refractivity contribution in [1.29, 1.82) is 0 Å². The molecule has 1 heterocycles. The van der Waals surface area contributed by atoms with Crippen LogP contribution in [0.3, 0.4) is 0 Å². The van der Waals surface area contributed by atoms with E-state index in [0.717, 1.165) is 50.0 Å². The summed E-state index contributed by atoms with van der Waals surface area (Å²) in [6.45, 7) is 4.22. The van der Waals surface area contributed by atoms with Crippen LogP contribution in [0.25, 0.3) is 11.1 Å². The molecule has 3 aromatic rings. The highest BCUT2D eigenvalue weighted by Gasteiger charge is 2.20. The molecule has 0 N–H and O–H groups in total. The lowest BCUT2D eigenvalue weighted by Crippen LogP contribution is -2.23. The van der Waals surface area contributed by atoms with E-state index in [4.69, 9.17) is 4.74 Å². The molecule has 1 aliphatic heterocycles. The van der Waals surface area contributed by atoms with Crippen LogP contribution in [0.2, 0.25) is 0 Å². The minimum Gasteiger partial charge on any atom is -0.378 e. The number of benzene rings is 3. The lowest BCUT2D eigenvalue weighted by atomic mass is 9.92. The zero-order chi connectivity index (χ0) is 25.1. The van der Waals surface area contributed by atoms with Gasteiger partial charge < -0.3 is 4.74 Å². The van der Waals surface area contributed by atoms with E-state index in [-0.39, 0.29) is 35.1 Å². The zero-order valence-corrected chi connectivity index (χ0v) is 19.9. The Hall–Kier alpha value is -2.73. The molecule has 2 atom stereocenters. The Kier molecular flexibility index (Phi) is 7.90. The van der Waals surface area contributed by atoms with E-state index < -0.39 is 29.1 Å². The average molecular weight is 489 g/mol. The third-order valence-electron chi connectivity index (χ3n) is 6.93. The molecule has 1 aliphatic rings. The minimum atomic E-state index is -1.15. The Morgan fingerprint density at radius 2 is 1.54 bits per heavy atom. The summed E-state index contributed by atoms with van der Waals surface area (Å²) >= 11 is 0. The second-order valence-electron chi connectivity index (χ2n) is 9.53. The van der Waals surface area contributed by atoms with Crippen LogP contribution in [0.4, 0.5) is 22.0 Å². The molecule has 0 aliphatic carbocycles. The smallest absolute Gasteiger partial charge is 0.166 e. The van der Waals surface area contributed by atoms with Crippen molar-refractivity contribution in [3.8, 4) is 11.1 Å². The predicted octanol–water partition coefficient (Wildman–Crippen LogP) is 7.89. The van der Waals surface area contributed by atoms with Crippen LogP contribution in [-0.4, -0.2) is 12.7 Å². The predicted molar refractivity (Wildman–Crippen MR) is 127 cm³/mol.